The summed E-state index contributed by atoms with van der Waals surface area (Å²) in [5, 5.41) is 11.1. The lowest BCUT2D eigenvalue weighted by molar-refractivity contribution is 0.206. The molecular formula is C8H15N3O. The van der Waals surface area contributed by atoms with Crippen LogP contribution in [0.4, 0.5) is 4.79 Å². The van der Waals surface area contributed by atoms with Gasteiger partial charge in [0.05, 0.1) is 6.07 Å². The SMILES string of the molecule is CCCNC(=O)N(CC)CC#N. The first kappa shape index (κ1) is 10.8. The molecule has 0 radical (unpaired) electrons. The molecule has 0 atom stereocenters. The topological polar surface area (TPSA) is 56.1 Å². The van der Waals surface area contributed by atoms with Gasteiger partial charge < -0.3 is 10.2 Å². The Morgan fingerprint density at radius 2 is 2.25 bits per heavy atom. The van der Waals surface area contributed by atoms with Crippen molar-refractivity contribution in [3.05, 3.63) is 0 Å². The van der Waals surface area contributed by atoms with Gasteiger partial charge in [-0.15, -0.1) is 0 Å². The van der Waals surface area contributed by atoms with Crippen LogP contribution in [-0.4, -0.2) is 30.6 Å². The molecule has 0 aromatic heterocycles. The molecule has 0 aliphatic carbocycles. The van der Waals surface area contributed by atoms with Crippen molar-refractivity contribution in [1.29, 1.82) is 5.26 Å². The van der Waals surface area contributed by atoms with Gasteiger partial charge >= 0.3 is 6.03 Å². The molecule has 0 fully saturated rings. The Hall–Kier alpha value is -1.24. The van der Waals surface area contributed by atoms with E-state index in [0.717, 1.165) is 6.42 Å². The minimum Gasteiger partial charge on any atom is -0.338 e. The number of nitriles is 1. The van der Waals surface area contributed by atoms with Crippen molar-refractivity contribution in [1.82, 2.24) is 10.2 Å². The molecule has 0 aromatic rings. The summed E-state index contributed by atoms with van der Waals surface area (Å²) in [4.78, 5) is 12.7. The van der Waals surface area contributed by atoms with Crippen molar-refractivity contribution < 1.29 is 4.79 Å². The van der Waals surface area contributed by atoms with Gasteiger partial charge in [0.2, 0.25) is 0 Å². The number of amides is 2. The monoisotopic (exact) mass is 169 g/mol. The smallest absolute Gasteiger partial charge is 0.318 e. The highest BCUT2D eigenvalue weighted by Gasteiger charge is 2.08. The van der Waals surface area contributed by atoms with Gasteiger partial charge in [0, 0.05) is 13.1 Å². The van der Waals surface area contributed by atoms with Crippen LogP contribution in [0, 0.1) is 11.3 Å². The summed E-state index contributed by atoms with van der Waals surface area (Å²) in [6, 6.07) is 1.79. The van der Waals surface area contributed by atoms with Crippen LogP contribution in [0.5, 0.6) is 0 Å². The maximum Gasteiger partial charge on any atom is 0.318 e. The quantitative estimate of drug-likeness (QED) is 0.637. The molecule has 12 heavy (non-hydrogen) atoms. The number of urea groups is 1. The van der Waals surface area contributed by atoms with Crippen LogP contribution in [0.2, 0.25) is 0 Å². The molecule has 0 saturated heterocycles. The van der Waals surface area contributed by atoms with Gasteiger partial charge in [0.25, 0.3) is 0 Å². The second-order valence-electron chi connectivity index (χ2n) is 2.40. The zero-order chi connectivity index (χ0) is 9.40. The fourth-order valence-corrected chi connectivity index (χ4v) is 0.756. The Labute approximate surface area is 73.2 Å². The van der Waals surface area contributed by atoms with E-state index in [-0.39, 0.29) is 12.6 Å². The molecule has 0 bridgehead atoms. The predicted molar refractivity (Wildman–Crippen MR) is 46.5 cm³/mol. The third kappa shape index (κ3) is 3.81. The van der Waals surface area contributed by atoms with Crippen LogP contribution in [-0.2, 0) is 0 Å². The standard InChI is InChI=1S/C8H15N3O/c1-3-6-10-8(12)11(4-2)7-5-9/h3-4,6-7H2,1-2H3,(H,10,12). The van der Waals surface area contributed by atoms with Gasteiger partial charge in [-0.1, -0.05) is 6.92 Å². The number of rotatable bonds is 4. The first-order valence-corrected chi connectivity index (χ1v) is 4.16. The van der Waals surface area contributed by atoms with E-state index in [2.05, 4.69) is 5.32 Å². The molecule has 0 aliphatic heterocycles. The third-order valence-electron chi connectivity index (χ3n) is 1.46. The first-order chi connectivity index (χ1) is 5.76. The zero-order valence-electron chi connectivity index (χ0n) is 7.63. The summed E-state index contributed by atoms with van der Waals surface area (Å²) in [6.45, 7) is 5.24. The molecule has 2 amide bonds. The normalized spacial score (nSPS) is 8.75. The molecule has 0 unspecified atom stereocenters. The molecule has 68 valence electrons. The average Bonchev–Trinajstić information content (AvgIpc) is 2.10. The number of carbonyl (C=O) groups is 1. The summed E-state index contributed by atoms with van der Waals surface area (Å²) >= 11 is 0. The molecule has 0 saturated carbocycles. The molecular weight excluding hydrogens is 154 g/mol. The number of hydrogen-bond donors (Lipinski definition) is 1. The van der Waals surface area contributed by atoms with Crippen molar-refractivity contribution in [2.75, 3.05) is 19.6 Å². The summed E-state index contributed by atoms with van der Waals surface area (Å²) in [6.07, 6.45) is 0.913. The summed E-state index contributed by atoms with van der Waals surface area (Å²) in [5.41, 5.74) is 0. The van der Waals surface area contributed by atoms with E-state index < -0.39 is 0 Å². The summed E-state index contributed by atoms with van der Waals surface area (Å²) in [5.74, 6) is 0. The lowest BCUT2D eigenvalue weighted by Gasteiger charge is -2.17. The Balaban J connectivity index is 3.79. The van der Waals surface area contributed by atoms with E-state index in [1.54, 1.807) is 0 Å². The van der Waals surface area contributed by atoms with Crippen molar-refractivity contribution in [2.24, 2.45) is 0 Å². The van der Waals surface area contributed by atoms with Crippen LogP contribution in [0.3, 0.4) is 0 Å². The highest BCUT2D eigenvalue weighted by atomic mass is 16.2. The number of nitrogens with zero attached hydrogens (tertiary/aromatic N) is 2. The molecule has 4 nitrogen and oxygen atoms in total. The highest BCUT2D eigenvalue weighted by Crippen LogP contribution is 1.87. The van der Waals surface area contributed by atoms with Crippen LogP contribution < -0.4 is 5.32 Å². The lowest BCUT2D eigenvalue weighted by Crippen LogP contribution is -2.40. The van der Waals surface area contributed by atoms with Gasteiger partial charge in [0.1, 0.15) is 6.54 Å². The second-order valence-corrected chi connectivity index (χ2v) is 2.40. The van der Waals surface area contributed by atoms with Gasteiger partial charge in [0.15, 0.2) is 0 Å². The molecule has 0 spiro atoms. The fourth-order valence-electron chi connectivity index (χ4n) is 0.756. The van der Waals surface area contributed by atoms with Crippen LogP contribution in [0.1, 0.15) is 20.3 Å². The van der Waals surface area contributed by atoms with Crippen LogP contribution >= 0.6 is 0 Å². The van der Waals surface area contributed by atoms with Gasteiger partial charge in [-0.25, -0.2) is 4.79 Å². The largest absolute Gasteiger partial charge is 0.338 e. The Kier molecular flexibility index (Phi) is 5.80. The molecule has 0 aliphatic rings. The molecule has 0 aromatic carbocycles. The van der Waals surface area contributed by atoms with E-state index in [4.69, 9.17) is 5.26 Å². The maximum absolute atomic E-state index is 11.2. The summed E-state index contributed by atoms with van der Waals surface area (Å²) in [7, 11) is 0. The Morgan fingerprint density at radius 3 is 2.67 bits per heavy atom. The van der Waals surface area contributed by atoms with E-state index in [1.807, 2.05) is 19.9 Å². The average molecular weight is 169 g/mol. The lowest BCUT2D eigenvalue weighted by atomic mass is 10.5. The van der Waals surface area contributed by atoms with Gasteiger partial charge in [-0.3, -0.25) is 0 Å². The van der Waals surface area contributed by atoms with Gasteiger partial charge in [-0.05, 0) is 13.3 Å². The Bertz CT molecular complexity index is 174. The Morgan fingerprint density at radius 1 is 1.58 bits per heavy atom. The van der Waals surface area contributed by atoms with E-state index in [1.165, 1.54) is 4.90 Å². The van der Waals surface area contributed by atoms with Crippen LogP contribution in [0.15, 0.2) is 0 Å². The molecule has 0 heterocycles. The van der Waals surface area contributed by atoms with Crippen molar-refractivity contribution in [3.63, 3.8) is 0 Å². The van der Waals surface area contributed by atoms with E-state index >= 15 is 0 Å². The second kappa shape index (κ2) is 6.47. The van der Waals surface area contributed by atoms with Crippen LogP contribution in [0.25, 0.3) is 0 Å². The highest BCUT2D eigenvalue weighted by molar-refractivity contribution is 5.74. The molecule has 0 rings (SSSR count). The molecule has 1 N–H and O–H groups in total. The minimum atomic E-state index is -0.152. The predicted octanol–water partition coefficient (Wildman–Crippen LogP) is 0.951. The van der Waals surface area contributed by atoms with Crippen molar-refractivity contribution in [3.8, 4) is 6.07 Å². The number of carbonyl (C=O) groups excluding carboxylic acids is 1. The maximum atomic E-state index is 11.2. The number of nitrogens with one attached hydrogen (secondary N) is 1. The molecule has 4 heteroatoms. The minimum absolute atomic E-state index is 0.152. The van der Waals surface area contributed by atoms with Crippen molar-refractivity contribution in [2.45, 2.75) is 20.3 Å². The van der Waals surface area contributed by atoms with Crippen molar-refractivity contribution >= 4 is 6.03 Å². The zero-order valence-corrected chi connectivity index (χ0v) is 7.63. The first-order valence-electron chi connectivity index (χ1n) is 4.16. The van der Waals surface area contributed by atoms with Gasteiger partial charge in [-0.2, -0.15) is 5.26 Å². The summed E-state index contributed by atoms with van der Waals surface area (Å²) < 4.78 is 0. The fraction of sp³-hybridized carbons (Fsp3) is 0.750. The van der Waals surface area contributed by atoms with E-state index in [0.29, 0.717) is 13.1 Å². The van der Waals surface area contributed by atoms with E-state index in [9.17, 15) is 4.79 Å². The number of hydrogen-bond acceptors (Lipinski definition) is 2. The third-order valence-corrected chi connectivity index (χ3v) is 1.46.